The Morgan fingerprint density at radius 2 is 1.93 bits per heavy atom. The molecule has 1 heterocycles. The monoisotopic (exact) mass is 202 g/mol. The number of primary amides is 1. The normalized spacial score (nSPS) is 25.3. The molecule has 0 radical (unpaired) electrons. The Balaban J connectivity index is 0.000000791. The van der Waals surface area contributed by atoms with Crippen molar-refractivity contribution in [2.24, 2.45) is 5.73 Å². The summed E-state index contributed by atoms with van der Waals surface area (Å²) in [6.45, 7) is 5.76. The van der Waals surface area contributed by atoms with Gasteiger partial charge in [-0.3, -0.25) is 9.59 Å². The van der Waals surface area contributed by atoms with Crippen molar-refractivity contribution in [1.82, 2.24) is 4.90 Å². The second kappa shape index (κ2) is 5.59. The molecule has 2 atom stereocenters. The van der Waals surface area contributed by atoms with Gasteiger partial charge in [-0.05, 0) is 6.42 Å². The number of hydrogen-bond donors (Lipinski definition) is 2. The molecule has 0 bridgehead atoms. The van der Waals surface area contributed by atoms with Gasteiger partial charge < -0.3 is 15.7 Å². The Labute approximate surface area is 83.9 Å². The second-order valence-corrected chi connectivity index (χ2v) is 2.92. The van der Waals surface area contributed by atoms with Crippen molar-refractivity contribution in [1.29, 1.82) is 0 Å². The van der Waals surface area contributed by atoms with Gasteiger partial charge in [-0.15, -0.1) is 0 Å². The number of likely N-dealkylation sites (tertiary alicyclic amines) is 1. The molecule has 2 amide bonds. The summed E-state index contributed by atoms with van der Waals surface area (Å²) < 4.78 is 0. The summed E-state index contributed by atoms with van der Waals surface area (Å²) >= 11 is 0. The van der Waals surface area contributed by atoms with Gasteiger partial charge in [0.05, 0.1) is 6.10 Å². The van der Waals surface area contributed by atoms with Gasteiger partial charge >= 0.3 is 0 Å². The van der Waals surface area contributed by atoms with Gasteiger partial charge in [0, 0.05) is 13.5 Å². The van der Waals surface area contributed by atoms with Gasteiger partial charge in [0.25, 0.3) is 0 Å². The van der Waals surface area contributed by atoms with Gasteiger partial charge in [0.2, 0.25) is 11.8 Å². The van der Waals surface area contributed by atoms with Crippen molar-refractivity contribution in [3.8, 4) is 0 Å². The maximum atomic E-state index is 10.9. The van der Waals surface area contributed by atoms with Gasteiger partial charge in [-0.25, -0.2) is 0 Å². The summed E-state index contributed by atoms with van der Waals surface area (Å²) in [7, 11) is 0. The Hall–Kier alpha value is -1.10. The quantitative estimate of drug-likeness (QED) is 0.600. The van der Waals surface area contributed by atoms with E-state index in [0.717, 1.165) is 0 Å². The number of rotatable bonds is 1. The lowest BCUT2D eigenvalue weighted by atomic mass is 10.1. The van der Waals surface area contributed by atoms with Crippen LogP contribution in [0.2, 0.25) is 0 Å². The minimum Gasteiger partial charge on any atom is -0.390 e. The summed E-state index contributed by atoms with van der Waals surface area (Å²) in [6.07, 6.45) is -0.376. The third kappa shape index (κ3) is 2.70. The lowest BCUT2D eigenvalue weighted by molar-refractivity contribution is -0.137. The van der Waals surface area contributed by atoms with Crippen LogP contribution in [0, 0.1) is 0 Å². The van der Waals surface area contributed by atoms with Crippen molar-refractivity contribution in [2.75, 3.05) is 6.54 Å². The first-order chi connectivity index (χ1) is 6.54. The molecular formula is C9H18N2O3. The van der Waals surface area contributed by atoms with Crippen molar-refractivity contribution in [3.05, 3.63) is 0 Å². The molecule has 0 aromatic heterocycles. The highest BCUT2D eigenvalue weighted by atomic mass is 16.3. The van der Waals surface area contributed by atoms with Crippen LogP contribution in [-0.4, -0.2) is 40.5 Å². The number of nitrogens with zero attached hydrogens (tertiary/aromatic N) is 1. The molecule has 0 spiro atoms. The summed E-state index contributed by atoms with van der Waals surface area (Å²) in [6, 6.07) is -0.831. The molecule has 0 saturated carbocycles. The molecule has 14 heavy (non-hydrogen) atoms. The van der Waals surface area contributed by atoms with Crippen LogP contribution in [0.5, 0.6) is 0 Å². The first-order valence-corrected chi connectivity index (χ1v) is 4.78. The largest absolute Gasteiger partial charge is 0.390 e. The molecule has 0 aromatic rings. The average Bonchev–Trinajstić information content (AvgIpc) is 2.50. The van der Waals surface area contributed by atoms with Crippen molar-refractivity contribution >= 4 is 11.8 Å². The fraction of sp³-hybridized carbons (Fsp3) is 0.778. The fourth-order valence-corrected chi connectivity index (χ4v) is 1.47. The smallest absolute Gasteiger partial charge is 0.242 e. The van der Waals surface area contributed by atoms with Crippen LogP contribution in [0.4, 0.5) is 0 Å². The van der Waals surface area contributed by atoms with E-state index in [1.807, 2.05) is 13.8 Å². The maximum absolute atomic E-state index is 10.9. The zero-order valence-electron chi connectivity index (χ0n) is 8.86. The second-order valence-electron chi connectivity index (χ2n) is 2.92. The van der Waals surface area contributed by atoms with E-state index in [4.69, 9.17) is 5.73 Å². The van der Waals surface area contributed by atoms with E-state index in [-0.39, 0.29) is 5.91 Å². The maximum Gasteiger partial charge on any atom is 0.242 e. The van der Waals surface area contributed by atoms with Crippen LogP contribution >= 0.6 is 0 Å². The Kier molecular flexibility index (Phi) is 5.15. The molecule has 2 unspecified atom stereocenters. The third-order valence-electron chi connectivity index (χ3n) is 2.06. The minimum atomic E-state index is -0.831. The Morgan fingerprint density at radius 1 is 1.43 bits per heavy atom. The Bertz CT molecular complexity index is 218. The molecule has 0 aromatic carbocycles. The molecule has 82 valence electrons. The van der Waals surface area contributed by atoms with Crippen LogP contribution < -0.4 is 5.73 Å². The number of hydrogen-bond acceptors (Lipinski definition) is 3. The highest BCUT2D eigenvalue weighted by Gasteiger charge is 2.38. The van der Waals surface area contributed by atoms with E-state index < -0.39 is 18.1 Å². The summed E-state index contributed by atoms with van der Waals surface area (Å²) in [4.78, 5) is 23.0. The van der Waals surface area contributed by atoms with E-state index in [0.29, 0.717) is 13.0 Å². The first-order valence-electron chi connectivity index (χ1n) is 4.78. The van der Waals surface area contributed by atoms with Gasteiger partial charge in [-0.1, -0.05) is 13.8 Å². The summed E-state index contributed by atoms with van der Waals surface area (Å²) in [5.74, 6) is -0.870. The summed E-state index contributed by atoms with van der Waals surface area (Å²) in [5.41, 5.74) is 5.02. The molecule has 1 aliphatic heterocycles. The average molecular weight is 202 g/mol. The zero-order chi connectivity index (χ0) is 11.3. The van der Waals surface area contributed by atoms with E-state index in [1.165, 1.54) is 11.8 Å². The first kappa shape index (κ1) is 12.9. The van der Waals surface area contributed by atoms with Crippen LogP contribution in [0.1, 0.15) is 27.2 Å². The van der Waals surface area contributed by atoms with Crippen LogP contribution in [0.25, 0.3) is 0 Å². The van der Waals surface area contributed by atoms with Crippen molar-refractivity contribution in [2.45, 2.75) is 39.3 Å². The molecule has 1 rings (SSSR count). The van der Waals surface area contributed by atoms with Gasteiger partial charge in [0.1, 0.15) is 6.04 Å². The highest BCUT2D eigenvalue weighted by Crippen LogP contribution is 2.17. The number of aliphatic hydroxyl groups excluding tert-OH is 1. The van der Waals surface area contributed by atoms with Gasteiger partial charge in [-0.2, -0.15) is 0 Å². The van der Waals surface area contributed by atoms with Gasteiger partial charge in [0.15, 0.2) is 0 Å². The molecule has 3 N–H and O–H groups in total. The Morgan fingerprint density at radius 3 is 2.21 bits per heavy atom. The molecule has 1 fully saturated rings. The lowest BCUT2D eigenvalue weighted by Crippen LogP contribution is -2.47. The van der Waals surface area contributed by atoms with E-state index in [2.05, 4.69) is 0 Å². The molecule has 1 saturated heterocycles. The molecule has 0 aliphatic carbocycles. The van der Waals surface area contributed by atoms with Crippen molar-refractivity contribution in [3.63, 3.8) is 0 Å². The predicted octanol–water partition coefficient (Wildman–Crippen LogP) is -0.520. The summed E-state index contributed by atoms with van der Waals surface area (Å²) in [5, 5.41) is 9.28. The molecule has 5 heteroatoms. The van der Waals surface area contributed by atoms with E-state index in [9.17, 15) is 14.7 Å². The fourth-order valence-electron chi connectivity index (χ4n) is 1.47. The standard InChI is InChI=1S/C7H12N2O3.C2H6/c1-4(10)9-3-2-5(11)6(9)7(8)12;1-2/h5-6,11H,2-3H2,1H3,(H2,8,12);1-2H3. The van der Waals surface area contributed by atoms with Crippen molar-refractivity contribution < 1.29 is 14.7 Å². The number of amides is 2. The highest BCUT2D eigenvalue weighted by molar-refractivity contribution is 5.86. The van der Waals surface area contributed by atoms with E-state index in [1.54, 1.807) is 0 Å². The molecule has 1 aliphatic rings. The number of carbonyl (C=O) groups excluding carboxylic acids is 2. The SMILES string of the molecule is CC.CC(=O)N1CCC(O)C1C(N)=O. The minimum absolute atomic E-state index is 0.227. The van der Waals surface area contributed by atoms with E-state index >= 15 is 0 Å². The topological polar surface area (TPSA) is 83.6 Å². The zero-order valence-corrected chi connectivity index (χ0v) is 8.86. The number of carbonyl (C=O) groups is 2. The van der Waals surface area contributed by atoms with Crippen LogP contribution in [0.3, 0.4) is 0 Å². The van der Waals surface area contributed by atoms with Crippen LogP contribution in [-0.2, 0) is 9.59 Å². The number of aliphatic hydroxyl groups is 1. The predicted molar refractivity (Wildman–Crippen MR) is 52.3 cm³/mol. The van der Waals surface area contributed by atoms with Crippen LogP contribution in [0.15, 0.2) is 0 Å². The molecule has 5 nitrogen and oxygen atoms in total. The lowest BCUT2D eigenvalue weighted by Gasteiger charge is -2.21. The molecular weight excluding hydrogens is 184 g/mol. The number of nitrogens with two attached hydrogens (primary N) is 1. The third-order valence-corrected chi connectivity index (χ3v) is 2.06.